The highest BCUT2D eigenvalue weighted by Gasteiger charge is 2.14. The molecular weight excluding hydrogens is 282 g/mol. The summed E-state index contributed by atoms with van der Waals surface area (Å²) in [5.41, 5.74) is 0. The van der Waals surface area contributed by atoms with Crippen molar-refractivity contribution in [2.24, 2.45) is 0 Å². The summed E-state index contributed by atoms with van der Waals surface area (Å²) in [6, 6.07) is 3.66. The maximum atomic E-state index is 11.8. The van der Waals surface area contributed by atoms with Gasteiger partial charge in [0.2, 0.25) is 0 Å². The van der Waals surface area contributed by atoms with Crippen LogP contribution in [0.4, 0.5) is 0 Å². The Kier molecular flexibility index (Phi) is 6.34. The molecule has 3 nitrogen and oxygen atoms in total. The molecule has 0 fully saturated rings. The quantitative estimate of drug-likeness (QED) is 0.769. The highest BCUT2D eigenvalue weighted by atomic mass is 79.9. The molecule has 0 bridgehead atoms. The van der Waals surface area contributed by atoms with Crippen LogP contribution in [-0.4, -0.2) is 11.9 Å². The molecule has 0 saturated heterocycles. The monoisotopic (exact) mass is 301 g/mol. The average Bonchev–Trinajstić information content (AvgIpc) is 2.74. The van der Waals surface area contributed by atoms with E-state index in [-0.39, 0.29) is 11.9 Å². The first-order valence-corrected chi connectivity index (χ1v) is 7.02. The smallest absolute Gasteiger partial charge is 0.287 e. The Hall–Kier alpha value is -0.770. The predicted octanol–water partition coefficient (Wildman–Crippen LogP) is 4.13. The molecule has 1 amide bonds. The molecule has 1 aromatic heterocycles. The first-order valence-electron chi connectivity index (χ1n) is 6.23. The van der Waals surface area contributed by atoms with Crippen LogP contribution in [0.1, 0.15) is 56.5 Å². The van der Waals surface area contributed by atoms with Crippen LogP contribution in [0.15, 0.2) is 21.2 Å². The third kappa shape index (κ3) is 4.94. The van der Waals surface area contributed by atoms with Gasteiger partial charge in [-0.3, -0.25) is 4.79 Å². The van der Waals surface area contributed by atoms with Crippen molar-refractivity contribution in [2.45, 2.75) is 52.0 Å². The summed E-state index contributed by atoms with van der Waals surface area (Å²) in [6.07, 6.45) is 5.58. The number of nitrogens with one attached hydrogen (secondary N) is 1. The lowest BCUT2D eigenvalue weighted by molar-refractivity contribution is 0.0904. The molecule has 0 saturated carbocycles. The molecule has 1 N–H and O–H groups in total. The van der Waals surface area contributed by atoms with Crippen LogP contribution in [0.25, 0.3) is 0 Å². The van der Waals surface area contributed by atoms with Crippen LogP contribution >= 0.6 is 15.9 Å². The van der Waals surface area contributed by atoms with Crippen molar-refractivity contribution in [2.75, 3.05) is 0 Å². The number of carbonyl (C=O) groups excluding carboxylic acids is 1. The van der Waals surface area contributed by atoms with Crippen molar-refractivity contribution in [3.63, 3.8) is 0 Å². The van der Waals surface area contributed by atoms with Crippen LogP contribution < -0.4 is 5.32 Å². The number of furan rings is 1. The van der Waals surface area contributed by atoms with E-state index in [0.717, 1.165) is 19.3 Å². The maximum Gasteiger partial charge on any atom is 0.287 e. The molecule has 0 aliphatic rings. The minimum atomic E-state index is -0.126. The third-order valence-corrected chi connectivity index (χ3v) is 3.21. The van der Waals surface area contributed by atoms with E-state index in [1.54, 1.807) is 12.1 Å². The van der Waals surface area contributed by atoms with E-state index in [2.05, 4.69) is 35.1 Å². The zero-order valence-corrected chi connectivity index (χ0v) is 12.0. The SMILES string of the molecule is CCCCCC(CC)NC(=O)c1ccc(Br)o1. The topological polar surface area (TPSA) is 42.2 Å². The summed E-state index contributed by atoms with van der Waals surface area (Å²) in [6.45, 7) is 4.27. The zero-order valence-electron chi connectivity index (χ0n) is 10.5. The Morgan fingerprint density at radius 3 is 2.71 bits per heavy atom. The van der Waals surface area contributed by atoms with E-state index < -0.39 is 0 Å². The van der Waals surface area contributed by atoms with Gasteiger partial charge in [-0.25, -0.2) is 0 Å². The molecule has 17 heavy (non-hydrogen) atoms. The zero-order chi connectivity index (χ0) is 12.7. The van der Waals surface area contributed by atoms with Crippen molar-refractivity contribution in [1.82, 2.24) is 5.32 Å². The molecule has 0 aliphatic carbocycles. The number of amides is 1. The summed E-state index contributed by atoms with van der Waals surface area (Å²) in [5.74, 6) is 0.241. The summed E-state index contributed by atoms with van der Waals surface area (Å²) in [7, 11) is 0. The van der Waals surface area contributed by atoms with Gasteiger partial charge in [0.05, 0.1) is 0 Å². The second-order valence-corrected chi connectivity index (χ2v) is 4.96. The molecule has 0 radical (unpaired) electrons. The van der Waals surface area contributed by atoms with Crippen molar-refractivity contribution in [1.29, 1.82) is 0 Å². The number of rotatable bonds is 7. The Morgan fingerprint density at radius 1 is 1.41 bits per heavy atom. The minimum absolute atomic E-state index is 0.126. The molecule has 1 heterocycles. The van der Waals surface area contributed by atoms with Gasteiger partial charge in [-0.1, -0.05) is 33.1 Å². The number of halogens is 1. The van der Waals surface area contributed by atoms with Gasteiger partial charge in [-0.05, 0) is 40.9 Å². The van der Waals surface area contributed by atoms with Gasteiger partial charge in [0, 0.05) is 6.04 Å². The number of hydrogen-bond acceptors (Lipinski definition) is 2. The van der Waals surface area contributed by atoms with Gasteiger partial charge >= 0.3 is 0 Å². The van der Waals surface area contributed by atoms with Crippen LogP contribution in [0, 0.1) is 0 Å². The van der Waals surface area contributed by atoms with Crippen LogP contribution in [0.2, 0.25) is 0 Å². The summed E-state index contributed by atoms with van der Waals surface area (Å²) >= 11 is 3.19. The fraction of sp³-hybridized carbons (Fsp3) is 0.615. The molecule has 1 rings (SSSR count). The summed E-state index contributed by atoms with van der Waals surface area (Å²) < 4.78 is 5.81. The molecule has 96 valence electrons. The predicted molar refractivity (Wildman–Crippen MR) is 72.1 cm³/mol. The van der Waals surface area contributed by atoms with Gasteiger partial charge in [-0.2, -0.15) is 0 Å². The van der Waals surface area contributed by atoms with Gasteiger partial charge in [0.25, 0.3) is 5.91 Å². The van der Waals surface area contributed by atoms with E-state index in [1.165, 1.54) is 12.8 Å². The number of hydrogen-bond donors (Lipinski definition) is 1. The Labute approximate surface area is 111 Å². The third-order valence-electron chi connectivity index (χ3n) is 2.78. The van der Waals surface area contributed by atoms with E-state index in [9.17, 15) is 4.79 Å². The van der Waals surface area contributed by atoms with E-state index in [0.29, 0.717) is 10.4 Å². The standard InChI is InChI=1S/C13H20BrNO2/c1-3-5-6-7-10(4-2)15-13(16)11-8-9-12(14)17-11/h8-10H,3-7H2,1-2H3,(H,15,16). The fourth-order valence-corrected chi connectivity index (χ4v) is 2.02. The van der Waals surface area contributed by atoms with E-state index in [1.807, 2.05) is 0 Å². The number of unbranched alkanes of at least 4 members (excludes halogenated alkanes) is 2. The van der Waals surface area contributed by atoms with Gasteiger partial charge < -0.3 is 9.73 Å². The average molecular weight is 302 g/mol. The summed E-state index contributed by atoms with van der Waals surface area (Å²) in [5, 5.41) is 3.00. The van der Waals surface area contributed by atoms with Crippen molar-refractivity contribution in [3.8, 4) is 0 Å². The lowest BCUT2D eigenvalue weighted by atomic mass is 10.1. The molecule has 0 aromatic carbocycles. The minimum Gasteiger partial charge on any atom is -0.444 e. The molecule has 1 unspecified atom stereocenters. The molecule has 1 atom stereocenters. The highest BCUT2D eigenvalue weighted by molar-refractivity contribution is 9.10. The van der Waals surface area contributed by atoms with E-state index >= 15 is 0 Å². The molecule has 0 aliphatic heterocycles. The van der Waals surface area contributed by atoms with Gasteiger partial charge in [-0.15, -0.1) is 0 Å². The lowest BCUT2D eigenvalue weighted by Gasteiger charge is -2.15. The van der Waals surface area contributed by atoms with Crippen molar-refractivity contribution < 1.29 is 9.21 Å². The maximum absolute atomic E-state index is 11.8. The second-order valence-electron chi connectivity index (χ2n) is 4.18. The molecular formula is C13H20BrNO2. The van der Waals surface area contributed by atoms with Crippen LogP contribution in [-0.2, 0) is 0 Å². The van der Waals surface area contributed by atoms with Crippen LogP contribution in [0.3, 0.4) is 0 Å². The van der Waals surface area contributed by atoms with Crippen molar-refractivity contribution in [3.05, 3.63) is 22.6 Å². The Morgan fingerprint density at radius 2 is 2.18 bits per heavy atom. The summed E-state index contributed by atoms with van der Waals surface area (Å²) in [4.78, 5) is 11.8. The largest absolute Gasteiger partial charge is 0.444 e. The molecule has 1 aromatic rings. The van der Waals surface area contributed by atoms with Gasteiger partial charge in [0.1, 0.15) is 0 Å². The lowest BCUT2D eigenvalue weighted by Crippen LogP contribution is -2.34. The first-order chi connectivity index (χ1) is 8.17. The van der Waals surface area contributed by atoms with Gasteiger partial charge in [0.15, 0.2) is 10.4 Å². The molecule has 4 heteroatoms. The first kappa shape index (κ1) is 14.3. The number of carbonyl (C=O) groups is 1. The second kappa shape index (κ2) is 7.54. The molecule has 0 spiro atoms. The van der Waals surface area contributed by atoms with Crippen LogP contribution in [0.5, 0.6) is 0 Å². The van der Waals surface area contributed by atoms with Crippen molar-refractivity contribution >= 4 is 21.8 Å². The highest BCUT2D eigenvalue weighted by Crippen LogP contribution is 2.14. The fourth-order valence-electron chi connectivity index (χ4n) is 1.71. The Bertz CT molecular complexity index is 349. The Balaban J connectivity index is 2.42. The normalized spacial score (nSPS) is 12.4. The van der Waals surface area contributed by atoms with E-state index in [4.69, 9.17) is 4.42 Å².